The predicted octanol–water partition coefficient (Wildman–Crippen LogP) is 1.76. The van der Waals surface area contributed by atoms with Crippen molar-refractivity contribution >= 4 is 5.82 Å². The first-order valence-corrected chi connectivity index (χ1v) is 6.05. The molecule has 2 heterocycles. The van der Waals surface area contributed by atoms with Gasteiger partial charge in [-0.15, -0.1) is 0 Å². The van der Waals surface area contributed by atoms with E-state index in [1.165, 1.54) is 12.8 Å². The number of anilines is 1. The predicted molar refractivity (Wildman–Crippen MR) is 66.5 cm³/mol. The van der Waals surface area contributed by atoms with Crippen LogP contribution in [0.5, 0.6) is 0 Å². The Morgan fingerprint density at radius 2 is 2.24 bits per heavy atom. The van der Waals surface area contributed by atoms with E-state index in [1.807, 2.05) is 24.1 Å². The number of hydrogen-bond acceptors (Lipinski definition) is 3. The van der Waals surface area contributed by atoms with Crippen LogP contribution in [-0.2, 0) is 13.6 Å². The second-order valence-corrected chi connectivity index (χ2v) is 4.60. The van der Waals surface area contributed by atoms with Crippen molar-refractivity contribution in [2.45, 2.75) is 32.2 Å². The molecule has 1 aliphatic carbocycles. The number of aromatic nitrogens is 4. The molecule has 5 nitrogen and oxygen atoms in total. The zero-order valence-corrected chi connectivity index (χ0v) is 10.2. The highest BCUT2D eigenvalue weighted by Gasteiger charge is 2.30. The van der Waals surface area contributed by atoms with Gasteiger partial charge in [-0.25, -0.2) is 9.97 Å². The minimum absolute atomic E-state index is 0.606. The summed E-state index contributed by atoms with van der Waals surface area (Å²) in [6.45, 7) is 2.97. The number of nitrogen functional groups attached to an aromatic ring is 1. The average molecular weight is 231 g/mol. The van der Waals surface area contributed by atoms with E-state index in [0.29, 0.717) is 5.92 Å². The Labute approximate surface area is 100 Å². The average Bonchev–Trinajstić information content (AvgIpc) is 2.99. The fourth-order valence-corrected chi connectivity index (χ4v) is 2.19. The lowest BCUT2D eigenvalue weighted by atomic mass is 10.3. The summed E-state index contributed by atoms with van der Waals surface area (Å²) in [4.78, 5) is 8.87. The van der Waals surface area contributed by atoms with Crippen molar-refractivity contribution in [3.8, 4) is 11.4 Å². The molecule has 2 aromatic heterocycles. The van der Waals surface area contributed by atoms with Crippen LogP contribution in [0.3, 0.4) is 0 Å². The molecule has 17 heavy (non-hydrogen) atoms. The molecule has 1 saturated carbocycles. The first-order chi connectivity index (χ1) is 8.22. The summed E-state index contributed by atoms with van der Waals surface area (Å²) in [5, 5.41) is 0. The molecule has 0 bridgehead atoms. The Morgan fingerprint density at radius 1 is 1.47 bits per heavy atom. The van der Waals surface area contributed by atoms with Crippen LogP contribution >= 0.6 is 0 Å². The van der Waals surface area contributed by atoms with Gasteiger partial charge in [0, 0.05) is 19.5 Å². The van der Waals surface area contributed by atoms with E-state index in [2.05, 4.69) is 16.5 Å². The fraction of sp³-hybridized carbons (Fsp3) is 0.500. The number of nitrogens with two attached hydrogens (primary N) is 1. The Kier molecular flexibility index (Phi) is 2.21. The zero-order chi connectivity index (χ0) is 12.0. The fourth-order valence-electron chi connectivity index (χ4n) is 2.19. The van der Waals surface area contributed by atoms with Crippen LogP contribution in [0, 0.1) is 0 Å². The van der Waals surface area contributed by atoms with E-state index in [0.717, 1.165) is 29.6 Å². The molecule has 2 N–H and O–H groups in total. The molecule has 2 aromatic rings. The number of aryl methyl sites for hydroxylation is 1. The first kappa shape index (κ1) is 10.4. The summed E-state index contributed by atoms with van der Waals surface area (Å²) in [5.74, 6) is 2.46. The monoisotopic (exact) mass is 231 g/mol. The highest BCUT2D eigenvalue weighted by molar-refractivity contribution is 5.68. The van der Waals surface area contributed by atoms with Crippen LogP contribution in [0.1, 0.15) is 31.5 Å². The van der Waals surface area contributed by atoms with E-state index in [4.69, 9.17) is 10.7 Å². The lowest BCUT2D eigenvalue weighted by Gasteiger charge is -2.03. The van der Waals surface area contributed by atoms with Gasteiger partial charge in [0.1, 0.15) is 17.3 Å². The third-order valence-corrected chi connectivity index (χ3v) is 3.41. The smallest absolute Gasteiger partial charge is 0.133 e. The maximum absolute atomic E-state index is 6.14. The molecule has 5 heteroatoms. The third kappa shape index (κ3) is 1.53. The van der Waals surface area contributed by atoms with Crippen LogP contribution < -0.4 is 5.73 Å². The lowest BCUT2D eigenvalue weighted by Crippen LogP contribution is -2.01. The molecular formula is C12H17N5. The normalized spacial score (nSPS) is 15.4. The van der Waals surface area contributed by atoms with Gasteiger partial charge >= 0.3 is 0 Å². The van der Waals surface area contributed by atoms with E-state index >= 15 is 0 Å². The zero-order valence-electron chi connectivity index (χ0n) is 10.2. The molecule has 0 radical (unpaired) electrons. The van der Waals surface area contributed by atoms with Crippen molar-refractivity contribution in [3.05, 3.63) is 18.3 Å². The Balaban J connectivity index is 2.11. The van der Waals surface area contributed by atoms with Crippen LogP contribution in [-0.4, -0.2) is 19.1 Å². The third-order valence-electron chi connectivity index (χ3n) is 3.41. The molecule has 0 amide bonds. The van der Waals surface area contributed by atoms with Gasteiger partial charge in [-0.2, -0.15) is 0 Å². The topological polar surface area (TPSA) is 61.7 Å². The molecule has 0 saturated heterocycles. The van der Waals surface area contributed by atoms with Gasteiger partial charge in [-0.05, 0) is 19.8 Å². The lowest BCUT2D eigenvalue weighted by molar-refractivity contribution is 0.767. The number of imidazole rings is 2. The van der Waals surface area contributed by atoms with Crippen molar-refractivity contribution in [1.29, 1.82) is 0 Å². The Bertz CT molecular complexity index is 547. The van der Waals surface area contributed by atoms with Gasteiger partial charge in [0.15, 0.2) is 0 Å². The number of hydrogen-bond donors (Lipinski definition) is 1. The SMILES string of the molecule is CCn1cncc1-c1nc(C2CC2)n(C)c1N. The molecule has 90 valence electrons. The molecule has 3 rings (SSSR count). The Hall–Kier alpha value is -1.78. The van der Waals surface area contributed by atoms with E-state index in [1.54, 1.807) is 0 Å². The molecule has 1 fully saturated rings. The molecular weight excluding hydrogens is 214 g/mol. The van der Waals surface area contributed by atoms with Gasteiger partial charge in [0.2, 0.25) is 0 Å². The Morgan fingerprint density at radius 3 is 2.88 bits per heavy atom. The molecule has 0 aliphatic heterocycles. The molecule has 0 unspecified atom stereocenters. The summed E-state index contributed by atoms with van der Waals surface area (Å²) >= 11 is 0. The molecule has 1 aliphatic rings. The van der Waals surface area contributed by atoms with Crippen molar-refractivity contribution in [2.75, 3.05) is 5.73 Å². The van der Waals surface area contributed by atoms with Crippen LogP contribution in [0.4, 0.5) is 5.82 Å². The summed E-state index contributed by atoms with van der Waals surface area (Å²) in [7, 11) is 1.99. The maximum Gasteiger partial charge on any atom is 0.133 e. The molecule has 0 aromatic carbocycles. The van der Waals surface area contributed by atoms with Gasteiger partial charge < -0.3 is 14.9 Å². The standard InChI is InChI=1S/C12H17N5/c1-3-17-7-14-6-9(17)10-11(13)16(2)12(15-10)8-4-5-8/h6-8H,3-5,13H2,1-2H3. The largest absolute Gasteiger partial charge is 0.383 e. The number of rotatable bonds is 3. The molecule has 0 atom stereocenters. The van der Waals surface area contributed by atoms with Crippen molar-refractivity contribution in [2.24, 2.45) is 7.05 Å². The molecule has 0 spiro atoms. The van der Waals surface area contributed by atoms with E-state index in [-0.39, 0.29) is 0 Å². The summed E-state index contributed by atoms with van der Waals surface area (Å²) < 4.78 is 4.08. The summed E-state index contributed by atoms with van der Waals surface area (Å²) in [5.41, 5.74) is 8.02. The summed E-state index contributed by atoms with van der Waals surface area (Å²) in [6.07, 6.45) is 6.12. The maximum atomic E-state index is 6.14. The minimum Gasteiger partial charge on any atom is -0.383 e. The highest BCUT2D eigenvalue weighted by atomic mass is 15.2. The minimum atomic E-state index is 0.606. The van der Waals surface area contributed by atoms with Crippen LogP contribution in [0.25, 0.3) is 11.4 Å². The first-order valence-electron chi connectivity index (χ1n) is 6.05. The highest BCUT2D eigenvalue weighted by Crippen LogP contribution is 2.41. The van der Waals surface area contributed by atoms with Crippen LogP contribution in [0.15, 0.2) is 12.5 Å². The van der Waals surface area contributed by atoms with Crippen molar-refractivity contribution in [1.82, 2.24) is 19.1 Å². The number of nitrogens with zero attached hydrogens (tertiary/aromatic N) is 4. The van der Waals surface area contributed by atoms with Gasteiger partial charge in [0.05, 0.1) is 18.2 Å². The van der Waals surface area contributed by atoms with Gasteiger partial charge in [0.25, 0.3) is 0 Å². The van der Waals surface area contributed by atoms with Gasteiger partial charge in [-0.1, -0.05) is 0 Å². The summed E-state index contributed by atoms with van der Waals surface area (Å²) in [6, 6.07) is 0. The second-order valence-electron chi connectivity index (χ2n) is 4.60. The second kappa shape index (κ2) is 3.61. The van der Waals surface area contributed by atoms with Crippen LogP contribution in [0.2, 0.25) is 0 Å². The quantitative estimate of drug-likeness (QED) is 0.875. The van der Waals surface area contributed by atoms with Crippen molar-refractivity contribution in [3.63, 3.8) is 0 Å². The van der Waals surface area contributed by atoms with Gasteiger partial charge in [-0.3, -0.25) is 0 Å². The van der Waals surface area contributed by atoms with E-state index < -0.39 is 0 Å². The van der Waals surface area contributed by atoms with E-state index in [9.17, 15) is 0 Å². The van der Waals surface area contributed by atoms with Crippen molar-refractivity contribution < 1.29 is 0 Å².